The van der Waals surface area contributed by atoms with Crippen LogP contribution in [0.5, 0.6) is 0 Å². The fourth-order valence-electron chi connectivity index (χ4n) is 1.58. The van der Waals surface area contributed by atoms with Crippen molar-refractivity contribution < 1.29 is 14.4 Å². The molecule has 0 saturated heterocycles. The zero-order chi connectivity index (χ0) is 15.5. The number of ketones is 1. The molecule has 0 unspecified atom stereocenters. The second kappa shape index (κ2) is 6.17. The first-order valence-corrected chi connectivity index (χ1v) is 7.09. The highest BCUT2D eigenvalue weighted by atomic mass is 32.1. The molecule has 2 amide bonds. The van der Waals surface area contributed by atoms with Crippen LogP contribution >= 0.6 is 11.3 Å². The molecule has 0 aliphatic heterocycles. The summed E-state index contributed by atoms with van der Waals surface area (Å²) in [4.78, 5) is 37.4. The van der Waals surface area contributed by atoms with Gasteiger partial charge in [-0.25, -0.2) is 0 Å². The number of hydrogen-bond acceptors (Lipinski definition) is 4. The monoisotopic (exact) mass is 296 g/mol. The predicted molar refractivity (Wildman–Crippen MR) is 79.2 cm³/mol. The Morgan fingerprint density at radius 1 is 1.20 bits per heavy atom. The van der Waals surface area contributed by atoms with Crippen LogP contribution in [0.3, 0.4) is 0 Å². The third-order valence-corrected chi connectivity index (χ3v) is 3.58. The number of rotatable bonds is 4. The van der Waals surface area contributed by atoms with Gasteiger partial charge in [0.1, 0.15) is 0 Å². The fraction of sp³-hybridized carbons (Fsp3) is 0.500. The Balaban J connectivity index is 2.67. The van der Waals surface area contributed by atoms with Crippen LogP contribution in [0.25, 0.3) is 0 Å². The number of likely N-dealkylation sites (N-methyl/N-ethyl adjacent to an activating group) is 1. The molecular weight excluding hydrogens is 276 g/mol. The maximum atomic E-state index is 12.1. The van der Waals surface area contributed by atoms with Gasteiger partial charge in [0.15, 0.2) is 5.78 Å². The summed E-state index contributed by atoms with van der Waals surface area (Å²) < 4.78 is 0. The van der Waals surface area contributed by atoms with E-state index in [1.54, 1.807) is 19.2 Å². The van der Waals surface area contributed by atoms with Crippen molar-refractivity contribution in [3.8, 4) is 0 Å². The summed E-state index contributed by atoms with van der Waals surface area (Å²) in [5, 5.41) is 2.80. The lowest BCUT2D eigenvalue weighted by atomic mass is 10.1. The number of carbonyl (C=O) groups is 3. The van der Waals surface area contributed by atoms with Crippen LogP contribution < -0.4 is 5.32 Å². The van der Waals surface area contributed by atoms with E-state index in [0.717, 1.165) is 11.3 Å². The highest BCUT2D eigenvalue weighted by Crippen LogP contribution is 2.18. The van der Waals surface area contributed by atoms with Gasteiger partial charge in [-0.1, -0.05) is 0 Å². The zero-order valence-electron chi connectivity index (χ0n) is 12.4. The van der Waals surface area contributed by atoms with Gasteiger partial charge in [-0.05, 0) is 39.8 Å². The van der Waals surface area contributed by atoms with Crippen molar-refractivity contribution in [2.45, 2.75) is 33.2 Å². The van der Waals surface area contributed by atoms with E-state index < -0.39 is 0 Å². The third-order valence-electron chi connectivity index (χ3n) is 2.41. The maximum absolute atomic E-state index is 12.1. The molecule has 1 heterocycles. The van der Waals surface area contributed by atoms with Crippen molar-refractivity contribution in [1.29, 1.82) is 0 Å². The smallest absolute Gasteiger partial charge is 0.264 e. The van der Waals surface area contributed by atoms with E-state index in [1.165, 1.54) is 11.8 Å². The van der Waals surface area contributed by atoms with E-state index in [9.17, 15) is 14.4 Å². The summed E-state index contributed by atoms with van der Waals surface area (Å²) >= 11 is 1.15. The molecule has 0 aliphatic rings. The zero-order valence-corrected chi connectivity index (χ0v) is 13.3. The number of carbonyl (C=O) groups excluding carboxylic acids is 3. The predicted octanol–water partition coefficient (Wildman–Crippen LogP) is 1.94. The SMILES string of the molecule is CC(=O)c1ccc(C(=O)N(C)CC(=O)NC(C)(C)C)s1. The lowest BCUT2D eigenvalue weighted by molar-refractivity contribution is -0.122. The summed E-state index contributed by atoms with van der Waals surface area (Å²) in [6.45, 7) is 7.09. The summed E-state index contributed by atoms with van der Waals surface area (Å²) in [5.41, 5.74) is -0.328. The summed E-state index contributed by atoms with van der Waals surface area (Å²) in [7, 11) is 1.57. The van der Waals surface area contributed by atoms with Crippen LogP contribution in [-0.2, 0) is 4.79 Å². The number of thiophene rings is 1. The average molecular weight is 296 g/mol. The summed E-state index contributed by atoms with van der Waals surface area (Å²) in [6, 6.07) is 3.24. The molecule has 0 bridgehead atoms. The second-order valence-corrected chi connectivity index (χ2v) is 6.76. The van der Waals surface area contributed by atoms with Crippen LogP contribution in [0.1, 0.15) is 47.0 Å². The summed E-state index contributed by atoms with van der Waals surface area (Å²) in [6.07, 6.45) is 0. The first kappa shape index (κ1) is 16.4. The molecule has 0 spiro atoms. The topological polar surface area (TPSA) is 66.5 Å². The minimum absolute atomic E-state index is 0.0105. The van der Waals surface area contributed by atoms with Gasteiger partial charge >= 0.3 is 0 Å². The Bertz CT molecular complexity index is 529. The van der Waals surface area contributed by atoms with Crippen LogP contribution in [0.2, 0.25) is 0 Å². The highest BCUT2D eigenvalue weighted by molar-refractivity contribution is 7.15. The Hall–Kier alpha value is -1.69. The number of hydrogen-bond donors (Lipinski definition) is 1. The van der Waals surface area contributed by atoms with E-state index in [4.69, 9.17) is 0 Å². The molecule has 20 heavy (non-hydrogen) atoms. The first-order valence-electron chi connectivity index (χ1n) is 6.27. The Kier molecular flexibility index (Phi) is 5.05. The van der Waals surface area contributed by atoms with Gasteiger partial charge in [-0.3, -0.25) is 14.4 Å². The molecule has 0 aliphatic carbocycles. The molecule has 0 fully saturated rings. The molecule has 1 N–H and O–H groups in total. The number of Topliss-reactive ketones (excluding diaryl/α,β-unsaturated/α-hetero) is 1. The maximum Gasteiger partial charge on any atom is 0.264 e. The van der Waals surface area contributed by atoms with Gasteiger partial charge < -0.3 is 10.2 Å². The summed E-state index contributed by atoms with van der Waals surface area (Å²) in [5.74, 6) is -0.537. The molecule has 1 aromatic heterocycles. The molecule has 0 atom stereocenters. The van der Waals surface area contributed by atoms with Crippen molar-refractivity contribution in [3.63, 3.8) is 0 Å². The van der Waals surface area contributed by atoms with Crippen molar-refractivity contribution in [3.05, 3.63) is 21.9 Å². The largest absolute Gasteiger partial charge is 0.350 e. The van der Waals surface area contributed by atoms with Crippen molar-refractivity contribution >= 4 is 28.9 Å². The first-order chi connectivity index (χ1) is 9.10. The molecule has 0 aromatic carbocycles. The van der Waals surface area contributed by atoms with Crippen LogP contribution in [0.15, 0.2) is 12.1 Å². The van der Waals surface area contributed by atoms with E-state index in [1.807, 2.05) is 20.8 Å². The van der Waals surface area contributed by atoms with Crippen LogP contribution in [-0.4, -0.2) is 41.6 Å². The van der Waals surface area contributed by atoms with E-state index in [-0.39, 0.29) is 29.7 Å². The normalized spacial score (nSPS) is 11.1. The molecule has 110 valence electrons. The number of nitrogens with zero attached hydrogens (tertiary/aromatic N) is 1. The minimum atomic E-state index is -0.328. The molecule has 1 rings (SSSR count). The number of amides is 2. The van der Waals surface area contributed by atoms with Crippen molar-refractivity contribution in [1.82, 2.24) is 10.2 Å². The van der Waals surface area contributed by atoms with Gasteiger partial charge in [0, 0.05) is 12.6 Å². The molecule has 6 heteroatoms. The van der Waals surface area contributed by atoms with Crippen LogP contribution in [0.4, 0.5) is 0 Å². The van der Waals surface area contributed by atoms with Gasteiger partial charge in [0.25, 0.3) is 5.91 Å². The van der Waals surface area contributed by atoms with E-state index >= 15 is 0 Å². The van der Waals surface area contributed by atoms with Gasteiger partial charge in [0.05, 0.1) is 16.3 Å². The lowest BCUT2D eigenvalue weighted by Crippen LogP contribution is -2.46. The standard InChI is InChI=1S/C14H20N2O3S/c1-9(17)10-6-7-11(20-10)13(19)16(5)8-12(18)15-14(2,3)4/h6-7H,8H2,1-5H3,(H,15,18). The molecule has 1 aromatic rings. The van der Waals surface area contributed by atoms with Gasteiger partial charge in [0.2, 0.25) is 5.91 Å². The molecule has 0 saturated carbocycles. The van der Waals surface area contributed by atoms with E-state index in [0.29, 0.717) is 9.75 Å². The molecule has 0 radical (unpaired) electrons. The van der Waals surface area contributed by atoms with Gasteiger partial charge in [-0.2, -0.15) is 0 Å². The fourth-order valence-corrected chi connectivity index (χ4v) is 2.47. The Morgan fingerprint density at radius 2 is 1.75 bits per heavy atom. The quantitative estimate of drug-likeness (QED) is 0.863. The van der Waals surface area contributed by atoms with E-state index in [2.05, 4.69) is 5.32 Å². The Morgan fingerprint density at radius 3 is 2.20 bits per heavy atom. The second-order valence-electron chi connectivity index (χ2n) is 5.68. The average Bonchev–Trinajstić information content (AvgIpc) is 2.74. The molecule has 5 nitrogen and oxygen atoms in total. The van der Waals surface area contributed by atoms with Crippen LogP contribution in [0, 0.1) is 0 Å². The molecular formula is C14H20N2O3S. The number of nitrogens with one attached hydrogen (secondary N) is 1. The van der Waals surface area contributed by atoms with Crippen molar-refractivity contribution in [2.24, 2.45) is 0 Å². The van der Waals surface area contributed by atoms with Gasteiger partial charge in [-0.15, -0.1) is 11.3 Å². The van der Waals surface area contributed by atoms with Crippen molar-refractivity contribution in [2.75, 3.05) is 13.6 Å². The highest BCUT2D eigenvalue weighted by Gasteiger charge is 2.20. The minimum Gasteiger partial charge on any atom is -0.350 e. The lowest BCUT2D eigenvalue weighted by Gasteiger charge is -2.23. The Labute approximate surface area is 123 Å². The third kappa shape index (κ3) is 4.77.